The van der Waals surface area contributed by atoms with E-state index in [1.54, 1.807) is 15.9 Å². The summed E-state index contributed by atoms with van der Waals surface area (Å²) in [6.07, 6.45) is 10.7. The summed E-state index contributed by atoms with van der Waals surface area (Å²) in [5.74, 6) is 1.91. The molecular formula is C27H36N4O5. The lowest BCUT2D eigenvalue weighted by molar-refractivity contribution is 0.0671. The van der Waals surface area contributed by atoms with E-state index in [0.29, 0.717) is 49.8 Å². The van der Waals surface area contributed by atoms with Crippen LogP contribution in [0.4, 0.5) is 10.5 Å². The maximum atomic E-state index is 13.1. The minimum absolute atomic E-state index is 0.0503. The summed E-state index contributed by atoms with van der Waals surface area (Å²) in [6.45, 7) is 2.52. The Kier molecular flexibility index (Phi) is 9.38. The standard InChI is InChI=1S/C27H36N4O5/c32-14-16-36-25-18-23(19-28-20-25)29-27(34)31-12-10-30(11-13-31)26(33)22-7-4-8-24(17-22)35-15-9-21-5-2-1-3-6-21/h4,7-8,17-21,32H,1-3,5-6,9-16H2,(H,29,34). The fraction of sp³-hybridized carbons (Fsp3) is 0.519. The average Bonchev–Trinajstić information content (AvgIpc) is 2.92. The summed E-state index contributed by atoms with van der Waals surface area (Å²) in [7, 11) is 0. The number of urea groups is 1. The number of nitrogens with one attached hydrogen (secondary N) is 1. The monoisotopic (exact) mass is 496 g/mol. The second kappa shape index (κ2) is 13.1. The smallest absolute Gasteiger partial charge is 0.322 e. The van der Waals surface area contributed by atoms with Crippen LogP contribution in [0, 0.1) is 5.92 Å². The molecule has 2 aliphatic rings. The maximum Gasteiger partial charge on any atom is 0.322 e. The van der Waals surface area contributed by atoms with Gasteiger partial charge in [-0.1, -0.05) is 38.2 Å². The zero-order valence-corrected chi connectivity index (χ0v) is 20.7. The van der Waals surface area contributed by atoms with E-state index >= 15 is 0 Å². The van der Waals surface area contributed by atoms with Gasteiger partial charge in [0, 0.05) is 37.8 Å². The van der Waals surface area contributed by atoms with Gasteiger partial charge in [0.15, 0.2) is 0 Å². The lowest BCUT2D eigenvalue weighted by atomic mass is 9.87. The SMILES string of the molecule is O=C(Nc1cncc(OCCO)c1)N1CCN(C(=O)c2cccc(OCCC3CCCCC3)c2)CC1. The molecule has 9 heteroatoms. The van der Waals surface area contributed by atoms with E-state index in [2.05, 4.69) is 10.3 Å². The molecule has 0 atom stereocenters. The molecular weight excluding hydrogens is 460 g/mol. The normalized spacial score (nSPS) is 16.5. The average molecular weight is 497 g/mol. The van der Waals surface area contributed by atoms with Gasteiger partial charge in [-0.2, -0.15) is 0 Å². The zero-order chi connectivity index (χ0) is 25.2. The molecule has 0 unspecified atom stereocenters. The molecule has 2 heterocycles. The predicted octanol–water partition coefficient (Wildman–Crippen LogP) is 3.79. The predicted molar refractivity (Wildman–Crippen MR) is 136 cm³/mol. The third-order valence-electron chi connectivity index (χ3n) is 6.78. The summed E-state index contributed by atoms with van der Waals surface area (Å²) in [4.78, 5) is 33.3. The molecule has 1 aromatic carbocycles. The van der Waals surface area contributed by atoms with Crippen LogP contribution in [0.3, 0.4) is 0 Å². The van der Waals surface area contributed by atoms with E-state index in [1.165, 1.54) is 44.5 Å². The number of pyridine rings is 1. The Balaban J connectivity index is 1.23. The van der Waals surface area contributed by atoms with Crippen molar-refractivity contribution in [1.29, 1.82) is 0 Å². The summed E-state index contributed by atoms with van der Waals surface area (Å²) in [5.41, 5.74) is 1.11. The first kappa shape index (κ1) is 25.8. The molecule has 1 aliphatic heterocycles. The third-order valence-corrected chi connectivity index (χ3v) is 6.78. The molecule has 4 rings (SSSR count). The fourth-order valence-electron chi connectivity index (χ4n) is 4.77. The molecule has 2 N–H and O–H groups in total. The van der Waals surface area contributed by atoms with Gasteiger partial charge < -0.3 is 29.7 Å². The summed E-state index contributed by atoms with van der Waals surface area (Å²) < 4.78 is 11.3. The van der Waals surface area contributed by atoms with Gasteiger partial charge in [-0.25, -0.2) is 4.79 Å². The van der Waals surface area contributed by atoms with E-state index in [1.807, 2.05) is 24.3 Å². The molecule has 2 fully saturated rings. The van der Waals surface area contributed by atoms with Crippen molar-refractivity contribution < 1.29 is 24.2 Å². The number of amides is 3. The van der Waals surface area contributed by atoms with E-state index in [4.69, 9.17) is 14.6 Å². The quantitative estimate of drug-likeness (QED) is 0.547. The molecule has 1 aliphatic carbocycles. The van der Waals surface area contributed by atoms with Gasteiger partial charge in [-0.05, 0) is 30.5 Å². The fourth-order valence-corrected chi connectivity index (χ4v) is 4.77. The number of aliphatic hydroxyl groups is 1. The Labute approximate surface area is 212 Å². The number of hydrogen-bond donors (Lipinski definition) is 2. The molecule has 3 amide bonds. The second-order valence-corrected chi connectivity index (χ2v) is 9.36. The number of carbonyl (C=O) groups is 2. The van der Waals surface area contributed by atoms with E-state index in [0.717, 1.165) is 18.1 Å². The summed E-state index contributed by atoms with van der Waals surface area (Å²) in [5, 5.41) is 11.7. The van der Waals surface area contributed by atoms with E-state index in [9.17, 15) is 9.59 Å². The van der Waals surface area contributed by atoms with Gasteiger partial charge in [-0.3, -0.25) is 9.78 Å². The Morgan fingerprint density at radius 3 is 2.47 bits per heavy atom. The highest BCUT2D eigenvalue weighted by molar-refractivity contribution is 5.95. The highest BCUT2D eigenvalue weighted by Crippen LogP contribution is 2.26. The van der Waals surface area contributed by atoms with Crippen molar-refractivity contribution in [3.8, 4) is 11.5 Å². The third kappa shape index (κ3) is 7.34. The maximum absolute atomic E-state index is 13.1. The number of benzene rings is 1. The first-order chi connectivity index (χ1) is 17.6. The van der Waals surface area contributed by atoms with Crippen molar-refractivity contribution in [2.75, 3.05) is 51.3 Å². The van der Waals surface area contributed by atoms with Crippen molar-refractivity contribution in [1.82, 2.24) is 14.8 Å². The number of aromatic nitrogens is 1. The van der Waals surface area contributed by atoms with Gasteiger partial charge in [0.05, 0.1) is 31.3 Å². The molecule has 36 heavy (non-hydrogen) atoms. The van der Waals surface area contributed by atoms with Crippen LogP contribution in [-0.2, 0) is 0 Å². The van der Waals surface area contributed by atoms with Crippen LogP contribution in [0.2, 0.25) is 0 Å². The molecule has 194 valence electrons. The molecule has 0 spiro atoms. The summed E-state index contributed by atoms with van der Waals surface area (Å²) >= 11 is 0. The minimum atomic E-state index is -0.253. The number of piperazine rings is 1. The van der Waals surface area contributed by atoms with Crippen molar-refractivity contribution in [2.45, 2.75) is 38.5 Å². The molecule has 2 aromatic rings. The minimum Gasteiger partial charge on any atom is -0.494 e. The van der Waals surface area contributed by atoms with Gasteiger partial charge in [-0.15, -0.1) is 0 Å². The van der Waals surface area contributed by atoms with Crippen LogP contribution in [0.15, 0.2) is 42.7 Å². The lowest BCUT2D eigenvalue weighted by Gasteiger charge is -2.34. The Bertz CT molecular complexity index is 1000. The highest BCUT2D eigenvalue weighted by Gasteiger charge is 2.25. The van der Waals surface area contributed by atoms with Crippen LogP contribution in [0.5, 0.6) is 11.5 Å². The molecule has 1 saturated carbocycles. The van der Waals surface area contributed by atoms with Crippen molar-refractivity contribution >= 4 is 17.6 Å². The van der Waals surface area contributed by atoms with Crippen LogP contribution in [0.1, 0.15) is 48.9 Å². The van der Waals surface area contributed by atoms with E-state index < -0.39 is 0 Å². The molecule has 9 nitrogen and oxygen atoms in total. The number of anilines is 1. The number of nitrogens with zero attached hydrogens (tertiary/aromatic N) is 3. The van der Waals surface area contributed by atoms with Crippen molar-refractivity contribution in [3.05, 3.63) is 48.3 Å². The number of aliphatic hydroxyl groups excluding tert-OH is 1. The van der Waals surface area contributed by atoms with Crippen LogP contribution >= 0.6 is 0 Å². The van der Waals surface area contributed by atoms with Crippen LogP contribution in [0.25, 0.3) is 0 Å². The first-order valence-corrected chi connectivity index (χ1v) is 12.9. The topological polar surface area (TPSA) is 104 Å². The van der Waals surface area contributed by atoms with Gasteiger partial charge in [0.25, 0.3) is 5.91 Å². The molecule has 0 bridgehead atoms. The molecule has 1 aromatic heterocycles. The first-order valence-electron chi connectivity index (χ1n) is 12.9. The van der Waals surface area contributed by atoms with Crippen LogP contribution in [-0.4, -0.2) is 77.8 Å². The number of rotatable bonds is 9. The Hall–Kier alpha value is -3.33. The largest absolute Gasteiger partial charge is 0.494 e. The second-order valence-electron chi connectivity index (χ2n) is 9.36. The number of hydrogen-bond acceptors (Lipinski definition) is 6. The highest BCUT2D eigenvalue weighted by atomic mass is 16.5. The Morgan fingerprint density at radius 2 is 1.69 bits per heavy atom. The van der Waals surface area contributed by atoms with Gasteiger partial charge in [0.1, 0.15) is 18.1 Å². The number of ether oxygens (including phenoxy) is 2. The van der Waals surface area contributed by atoms with Crippen molar-refractivity contribution in [2.24, 2.45) is 5.92 Å². The Morgan fingerprint density at radius 1 is 0.944 bits per heavy atom. The van der Waals surface area contributed by atoms with Crippen molar-refractivity contribution in [3.63, 3.8) is 0 Å². The van der Waals surface area contributed by atoms with Gasteiger partial charge in [0.2, 0.25) is 0 Å². The van der Waals surface area contributed by atoms with Gasteiger partial charge >= 0.3 is 6.03 Å². The zero-order valence-electron chi connectivity index (χ0n) is 20.7. The van der Waals surface area contributed by atoms with E-state index in [-0.39, 0.29) is 25.2 Å². The number of carbonyl (C=O) groups excluding carboxylic acids is 2. The lowest BCUT2D eigenvalue weighted by Crippen LogP contribution is -2.51. The molecule has 0 radical (unpaired) electrons. The van der Waals surface area contributed by atoms with Crippen LogP contribution < -0.4 is 14.8 Å². The molecule has 1 saturated heterocycles. The summed E-state index contributed by atoms with van der Waals surface area (Å²) in [6, 6.07) is 8.80.